The van der Waals surface area contributed by atoms with Gasteiger partial charge in [0, 0.05) is 11.3 Å². The summed E-state index contributed by atoms with van der Waals surface area (Å²) in [5, 5.41) is 12.2. The molecule has 1 atom stereocenters. The molecule has 4 rings (SSSR count). The van der Waals surface area contributed by atoms with Gasteiger partial charge in [-0.25, -0.2) is 0 Å². The zero-order valence-electron chi connectivity index (χ0n) is 18.9. The number of nitrogens with one attached hydrogen (secondary N) is 1. The van der Waals surface area contributed by atoms with Crippen LogP contribution >= 0.6 is 0 Å². The number of carbonyl (C=O) groups is 1. The summed E-state index contributed by atoms with van der Waals surface area (Å²) in [6.07, 6.45) is 2.06. The van der Waals surface area contributed by atoms with E-state index in [9.17, 15) is 4.79 Å². The highest BCUT2D eigenvalue weighted by atomic mass is 16.5. The fourth-order valence-corrected chi connectivity index (χ4v) is 3.38. The molecule has 3 aromatic carbocycles. The summed E-state index contributed by atoms with van der Waals surface area (Å²) in [6.45, 7) is 8.18. The van der Waals surface area contributed by atoms with Crippen molar-refractivity contribution >= 4 is 22.6 Å². The minimum Gasteiger partial charge on any atom is -0.491 e. The predicted octanol–water partition coefficient (Wildman–Crippen LogP) is 5.72. The van der Waals surface area contributed by atoms with E-state index in [4.69, 9.17) is 4.74 Å². The van der Waals surface area contributed by atoms with Crippen molar-refractivity contribution in [1.82, 2.24) is 15.0 Å². The Morgan fingerprint density at radius 3 is 2.28 bits per heavy atom. The number of benzene rings is 3. The van der Waals surface area contributed by atoms with Gasteiger partial charge in [0.05, 0.1) is 11.8 Å². The molecule has 0 spiro atoms. The normalized spacial score (nSPS) is 12.0. The van der Waals surface area contributed by atoms with Crippen LogP contribution in [0.1, 0.15) is 48.7 Å². The van der Waals surface area contributed by atoms with Crippen molar-refractivity contribution in [3.05, 3.63) is 77.4 Å². The van der Waals surface area contributed by atoms with E-state index in [2.05, 4.69) is 41.5 Å². The van der Waals surface area contributed by atoms with Crippen LogP contribution in [-0.4, -0.2) is 27.0 Å². The fourth-order valence-electron chi connectivity index (χ4n) is 3.38. The number of hydrogen-bond donors (Lipinski definition) is 1. The van der Waals surface area contributed by atoms with Gasteiger partial charge >= 0.3 is 0 Å². The quantitative estimate of drug-likeness (QED) is 0.409. The Labute approximate surface area is 188 Å². The molecule has 1 N–H and O–H groups in total. The number of anilines is 1. The molecule has 0 fully saturated rings. The van der Waals surface area contributed by atoms with E-state index in [0.717, 1.165) is 46.6 Å². The maximum atomic E-state index is 12.8. The summed E-state index contributed by atoms with van der Waals surface area (Å²) in [4.78, 5) is 14.4. The topological polar surface area (TPSA) is 69.0 Å². The van der Waals surface area contributed by atoms with E-state index in [1.807, 2.05) is 50.2 Å². The number of amides is 1. The number of aryl methyl sites for hydroxylation is 2. The third-order valence-corrected chi connectivity index (χ3v) is 5.58. The lowest BCUT2D eigenvalue weighted by Gasteiger charge is -2.13. The molecular weight excluding hydrogens is 400 g/mol. The molecule has 1 aromatic heterocycles. The van der Waals surface area contributed by atoms with Crippen LogP contribution in [0.5, 0.6) is 5.75 Å². The number of rotatable bonds is 7. The van der Waals surface area contributed by atoms with Gasteiger partial charge in [-0.2, -0.15) is 4.80 Å². The first kappa shape index (κ1) is 21.6. The molecule has 0 aliphatic carbocycles. The van der Waals surface area contributed by atoms with Gasteiger partial charge in [0.2, 0.25) is 0 Å². The summed E-state index contributed by atoms with van der Waals surface area (Å²) in [5.41, 5.74) is 5.90. The Kier molecular flexibility index (Phi) is 6.21. The molecule has 0 saturated heterocycles. The van der Waals surface area contributed by atoms with E-state index in [-0.39, 0.29) is 12.0 Å². The molecule has 4 aromatic rings. The third-order valence-electron chi connectivity index (χ3n) is 5.58. The van der Waals surface area contributed by atoms with Gasteiger partial charge in [0.25, 0.3) is 5.91 Å². The Bertz CT molecular complexity index is 1230. The number of carbonyl (C=O) groups excluding carboxylic acids is 1. The van der Waals surface area contributed by atoms with Gasteiger partial charge in [-0.3, -0.25) is 4.79 Å². The van der Waals surface area contributed by atoms with Crippen LogP contribution in [0.4, 0.5) is 5.69 Å². The summed E-state index contributed by atoms with van der Waals surface area (Å²) in [7, 11) is 0. The van der Waals surface area contributed by atoms with E-state index >= 15 is 0 Å². The van der Waals surface area contributed by atoms with Gasteiger partial charge in [-0.1, -0.05) is 26.0 Å². The largest absolute Gasteiger partial charge is 0.491 e. The molecule has 0 saturated carbocycles. The molecule has 0 aliphatic rings. The van der Waals surface area contributed by atoms with Crippen molar-refractivity contribution in [2.45, 2.75) is 46.6 Å². The second-order valence-electron chi connectivity index (χ2n) is 7.98. The van der Waals surface area contributed by atoms with Gasteiger partial charge < -0.3 is 10.1 Å². The highest BCUT2D eigenvalue weighted by molar-refractivity contribution is 6.05. The number of ether oxygens (including phenoxy) is 1. The van der Waals surface area contributed by atoms with E-state index in [0.29, 0.717) is 5.56 Å². The summed E-state index contributed by atoms with van der Waals surface area (Å²) >= 11 is 0. The van der Waals surface area contributed by atoms with Gasteiger partial charge in [0.1, 0.15) is 16.8 Å². The predicted molar refractivity (Wildman–Crippen MR) is 128 cm³/mol. The van der Waals surface area contributed by atoms with Crippen LogP contribution in [0.2, 0.25) is 0 Å². The molecule has 6 heteroatoms. The molecule has 1 heterocycles. The zero-order valence-corrected chi connectivity index (χ0v) is 18.9. The lowest BCUT2D eigenvalue weighted by Crippen LogP contribution is -2.13. The van der Waals surface area contributed by atoms with Crippen LogP contribution in [0, 0.1) is 6.92 Å². The molecular formula is C26H28N4O2. The van der Waals surface area contributed by atoms with Crippen LogP contribution < -0.4 is 10.1 Å². The van der Waals surface area contributed by atoms with Crippen LogP contribution in [-0.2, 0) is 6.42 Å². The standard InChI is InChI=1S/C26H28N4O2/c1-5-18(4)32-22-13-9-20(10-14-22)26(31)27-23-16-25-24(15-17(23)3)28-30(29-25)21-11-7-19(6-2)8-12-21/h7-16,18H,5-6H2,1-4H3,(H,27,31). The first-order chi connectivity index (χ1) is 15.5. The third kappa shape index (κ3) is 4.64. The van der Waals surface area contributed by atoms with E-state index in [1.54, 1.807) is 16.9 Å². The average Bonchev–Trinajstić information content (AvgIpc) is 3.22. The van der Waals surface area contributed by atoms with Gasteiger partial charge in [-0.05, 0) is 86.3 Å². The molecule has 1 unspecified atom stereocenters. The van der Waals surface area contributed by atoms with Crippen LogP contribution in [0.25, 0.3) is 16.7 Å². The first-order valence-electron chi connectivity index (χ1n) is 11.0. The van der Waals surface area contributed by atoms with Crippen molar-refractivity contribution < 1.29 is 9.53 Å². The maximum Gasteiger partial charge on any atom is 0.255 e. The molecule has 32 heavy (non-hydrogen) atoms. The molecule has 0 bridgehead atoms. The Morgan fingerprint density at radius 1 is 1.00 bits per heavy atom. The molecule has 6 nitrogen and oxygen atoms in total. The number of fused-ring (bicyclic) bond motifs is 1. The summed E-state index contributed by atoms with van der Waals surface area (Å²) in [6, 6.07) is 19.2. The van der Waals surface area contributed by atoms with Crippen LogP contribution in [0.3, 0.4) is 0 Å². The lowest BCUT2D eigenvalue weighted by molar-refractivity contribution is 0.102. The minimum absolute atomic E-state index is 0.141. The Hall–Kier alpha value is -3.67. The zero-order chi connectivity index (χ0) is 22.7. The molecule has 1 amide bonds. The minimum atomic E-state index is -0.176. The SMILES string of the molecule is CCc1ccc(-n2nc3cc(C)c(NC(=O)c4ccc(OC(C)CC)cc4)cc3n2)cc1. The number of aromatic nitrogens is 3. The van der Waals surface area contributed by atoms with E-state index in [1.165, 1.54) is 5.56 Å². The Morgan fingerprint density at radius 2 is 1.66 bits per heavy atom. The average molecular weight is 429 g/mol. The van der Waals surface area contributed by atoms with E-state index < -0.39 is 0 Å². The van der Waals surface area contributed by atoms with Crippen molar-refractivity contribution in [3.63, 3.8) is 0 Å². The molecule has 164 valence electrons. The fraction of sp³-hybridized carbons (Fsp3) is 0.269. The van der Waals surface area contributed by atoms with Gasteiger partial charge in [-0.15, -0.1) is 10.2 Å². The summed E-state index contributed by atoms with van der Waals surface area (Å²) in [5.74, 6) is 0.585. The van der Waals surface area contributed by atoms with Crippen LogP contribution in [0.15, 0.2) is 60.7 Å². The second kappa shape index (κ2) is 9.22. The molecule has 0 radical (unpaired) electrons. The van der Waals surface area contributed by atoms with Crippen molar-refractivity contribution in [3.8, 4) is 11.4 Å². The van der Waals surface area contributed by atoms with Crippen molar-refractivity contribution in [2.75, 3.05) is 5.32 Å². The Balaban J connectivity index is 1.53. The highest BCUT2D eigenvalue weighted by Gasteiger charge is 2.12. The summed E-state index contributed by atoms with van der Waals surface area (Å²) < 4.78 is 5.79. The maximum absolute atomic E-state index is 12.8. The first-order valence-corrected chi connectivity index (χ1v) is 11.0. The highest BCUT2D eigenvalue weighted by Crippen LogP contribution is 2.23. The smallest absolute Gasteiger partial charge is 0.255 e. The number of hydrogen-bond acceptors (Lipinski definition) is 4. The second-order valence-corrected chi connectivity index (χ2v) is 7.98. The van der Waals surface area contributed by atoms with Crippen molar-refractivity contribution in [2.24, 2.45) is 0 Å². The molecule has 0 aliphatic heterocycles. The van der Waals surface area contributed by atoms with Gasteiger partial charge in [0.15, 0.2) is 0 Å². The number of nitrogens with zero attached hydrogens (tertiary/aromatic N) is 3. The monoisotopic (exact) mass is 428 g/mol. The lowest BCUT2D eigenvalue weighted by atomic mass is 10.1. The van der Waals surface area contributed by atoms with Crippen molar-refractivity contribution in [1.29, 1.82) is 0 Å².